The lowest BCUT2D eigenvalue weighted by atomic mass is 10.0. The zero-order valence-electron chi connectivity index (χ0n) is 13.4. The summed E-state index contributed by atoms with van der Waals surface area (Å²) in [7, 11) is 0. The number of hydrogen-bond acceptors (Lipinski definition) is 4. The molecule has 0 saturated carbocycles. The second kappa shape index (κ2) is 6.13. The number of likely N-dealkylation sites (tertiary alicyclic amines) is 1. The number of halogens is 3. The summed E-state index contributed by atoms with van der Waals surface area (Å²) in [6.07, 6.45) is -5.46. The minimum absolute atomic E-state index is 0.0789. The predicted molar refractivity (Wildman–Crippen MR) is 83.6 cm³/mol. The van der Waals surface area contributed by atoms with Crippen LogP contribution in [0.3, 0.4) is 0 Å². The smallest absolute Gasteiger partial charge is 0.379 e. The first-order valence-corrected chi connectivity index (χ1v) is 7.66. The molecule has 0 spiro atoms. The molecule has 1 unspecified atom stereocenters. The van der Waals surface area contributed by atoms with Crippen molar-refractivity contribution < 1.29 is 27.9 Å². The van der Waals surface area contributed by atoms with Crippen LogP contribution in [-0.4, -0.2) is 56.5 Å². The average Bonchev–Trinajstić information content (AvgIpc) is 3.19. The summed E-state index contributed by atoms with van der Waals surface area (Å²) in [5.41, 5.74) is 2.52. The van der Waals surface area contributed by atoms with Crippen molar-refractivity contribution in [2.24, 2.45) is 5.73 Å². The highest BCUT2D eigenvalue weighted by Gasteiger charge is 2.58. The topological polar surface area (TPSA) is 101 Å². The summed E-state index contributed by atoms with van der Waals surface area (Å²) < 4.78 is 39.9. The van der Waals surface area contributed by atoms with Crippen molar-refractivity contribution >= 4 is 11.8 Å². The third-order valence-electron chi connectivity index (χ3n) is 4.24. The number of nitrogens with two attached hydrogens (primary N) is 1. The summed E-state index contributed by atoms with van der Waals surface area (Å²) in [5.74, 6) is -1.66. The van der Waals surface area contributed by atoms with E-state index < -0.39 is 36.6 Å². The van der Waals surface area contributed by atoms with Crippen LogP contribution in [0.15, 0.2) is 36.4 Å². The Bertz CT molecular complexity index is 850. The van der Waals surface area contributed by atoms with Gasteiger partial charge >= 0.3 is 6.18 Å². The maximum Gasteiger partial charge on any atom is 0.419 e. The average molecular weight is 368 g/mol. The number of β-amino-alcohol motifs (C(OH)–C–C–N with tert-alkyl or cyclic N) is 1. The molecule has 7 nitrogen and oxygen atoms in total. The molecule has 3 N–H and O–H groups in total. The highest BCUT2D eigenvalue weighted by molar-refractivity contribution is 5.97. The third-order valence-corrected chi connectivity index (χ3v) is 4.24. The number of carbonyl (C=O) groups excluding carboxylic acids is 2. The Morgan fingerprint density at radius 1 is 1.23 bits per heavy atom. The van der Waals surface area contributed by atoms with E-state index in [0.29, 0.717) is 5.69 Å². The van der Waals surface area contributed by atoms with E-state index in [1.165, 1.54) is 0 Å². The van der Waals surface area contributed by atoms with Gasteiger partial charge in [-0.1, -0.05) is 18.2 Å². The van der Waals surface area contributed by atoms with E-state index in [2.05, 4.69) is 5.10 Å². The van der Waals surface area contributed by atoms with E-state index in [9.17, 15) is 27.9 Å². The van der Waals surface area contributed by atoms with Gasteiger partial charge in [0.25, 0.3) is 11.8 Å². The first kappa shape index (κ1) is 17.9. The highest BCUT2D eigenvalue weighted by Crippen LogP contribution is 2.38. The molecule has 3 rings (SSSR count). The Morgan fingerprint density at radius 2 is 1.88 bits per heavy atom. The molecule has 26 heavy (non-hydrogen) atoms. The Balaban J connectivity index is 1.91. The lowest BCUT2D eigenvalue weighted by Crippen LogP contribution is -2.48. The van der Waals surface area contributed by atoms with Crippen LogP contribution < -0.4 is 5.73 Å². The molecule has 0 radical (unpaired) electrons. The maximum atomic E-state index is 12.9. The SMILES string of the molecule is NC(=O)c1cc(C(=O)N2CCC(O)(C(F)(F)F)C2)nn1-c1ccccc1. The van der Waals surface area contributed by atoms with E-state index in [-0.39, 0.29) is 17.9 Å². The van der Waals surface area contributed by atoms with Gasteiger partial charge in [0.2, 0.25) is 0 Å². The van der Waals surface area contributed by atoms with Crippen molar-refractivity contribution in [2.45, 2.75) is 18.2 Å². The highest BCUT2D eigenvalue weighted by atomic mass is 19.4. The van der Waals surface area contributed by atoms with Crippen LogP contribution in [0, 0.1) is 0 Å². The largest absolute Gasteiger partial charge is 0.419 e. The normalized spacial score (nSPS) is 20.4. The first-order valence-electron chi connectivity index (χ1n) is 7.66. The molecule has 1 aliphatic rings. The Morgan fingerprint density at radius 3 is 2.42 bits per heavy atom. The van der Waals surface area contributed by atoms with Crippen LogP contribution in [0.25, 0.3) is 5.69 Å². The van der Waals surface area contributed by atoms with Crippen LogP contribution in [0.4, 0.5) is 13.2 Å². The lowest BCUT2D eigenvalue weighted by molar-refractivity contribution is -0.253. The fraction of sp³-hybridized carbons (Fsp3) is 0.312. The zero-order valence-corrected chi connectivity index (χ0v) is 13.4. The Hall–Kier alpha value is -2.88. The number of aromatic nitrogens is 2. The quantitative estimate of drug-likeness (QED) is 0.847. The number of benzene rings is 1. The summed E-state index contributed by atoms with van der Waals surface area (Å²) in [4.78, 5) is 25.0. The lowest BCUT2D eigenvalue weighted by Gasteiger charge is -2.25. The van der Waals surface area contributed by atoms with Gasteiger partial charge in [-0.25, -0.2) is 4.68 Å². The fourth-order valence-electron chi connectivity index (χ4n) is 2.79. The van der Waals surface area contributed by atoms with Crippen LogP contribution in [0.2, 0.25) is 0 Å². The molecule has 0 bridgehead atoms. The maximum absolute atomic E-state index is 12.9. The van der Waals surface area contributed by atoms with Gasteiger partial charge in [0.15, 0.2) is 11.3 Å². The van der Waals surface area contributed by atoms with Gasteiger partial charge in [0.1, 0.15) is 5.69 Å². The van der Waals surface area contributed by atoms with Crippen molar-refractivity contribution in [3.05, 3.63) is 47.8 Å². The minimum Gasteiger partial charge on any atom is -0.379 e. The van der Waals surface area contributed by atoms with Crippen molar-refractivity contribution in [3.63, 3.8) is 0 Å². The molecule has 1 saturated heterocycles. The molecule has 1 aliphatic heterocycles. The summed E-state index contributed by atoms with van der Waals surface area (Å²) in [5, 5.41) is 13.7. The number of para-hydroxylation sites is 1. The number of hydrogen-bond donors (Lipinski definition) is 2. The molecule has 2 aromatic rings. The van der Waals surface area contributed by atoms with E-state index in [1.54, 1.807) is 30.3 Å². The summed E-state index contributed by atoms with van der Waals surface area (Å²) in [6.45, 7) is -1.17. The van der Waals surface area contributed by atoms with E-state index in [0.717, 1.165) is 15.6 Å². The standard InChI is InChI=1S/C16H15F3N4O3/c17-16(18,19)15(26)6-7-22(9-15)14(25)11-8-12(13(20)24)23(21-11)10-4-2-1-3-5-10/h1-5,8,26H,6-7,9H2,(H2,20,24). The van der Waals surface area contributed by atoms with Crippen LogP contribution in [0.1, 0.15) is 27.4 Å². The monoisotopic (exact) mass is 368 g/mol. The molecule has 0 aliphatic carbocycles. The zero-order chi connectivity index (χ0) is 19.1. The van der Waals surface area contributed by atoms with E-state index in [4.69, 9.17) is 5.73 Å². The molecule has 1 aromatic heterocycles. The van der Waals surface area contributed by atoms with E-state index in [1.807, 2.05) is 0 Å². The van der Waals surface area contributed by atoms with Gasteiger partial charge in [-0.05, 0) is 12.1 Å². The van der Waals surface area contributed by atoms with Gasteiger partial charge in [-0.2, -0.15) is 18.3 Å². The third kappa shape index (κ3) is 3.03. The van der Waals surface area contributed by atoms with Crippen molar-refractivity contribution in [1.82, 2.24) is 14.7 Å². The summed E-state index contributed by atoms with van der Waals surface area (Å²) >= 11 is 0. The minimum atomic E-state index is -4.84. The van der Waals surface area contributed by atoms with Crippen LogP contribution in [-0.2, 0) is 0 Å². The van der Waals surface area contributed by atoms with Crippen molar-refractivity contribution in [3.8, 4) is 5.69 Å². The molecule has 138 valence electrons. The predicted octanol–water partition coefficient (Wildman–Crippen LogP) is 1.11. The van der Waals surface area contributed by atoms with Crippen LogP contribution in [0.5, 0.6) is 0 Å². The second-order valence-electron chi connectivity index (χ2n) is 6.03. The molecular weight excluding hydrogens is 353 g/mol. The first-order chi connectivity index (χ1) is 12.1. The number of primary amides is 1. The van der Waals surface area contributed by atoms with Crippen LogP contribution >= 0.6 is 0 Å². The Labute approximate surface area is 145 Å². The number of rotatable bonds is 3. The molecule has 10 heteroatoms. The molecule has 2 amide bonds. The molecule has 2 heterocycles. The number of aliphatic hydroxyl groups is 1. The van der Waals surface area contributed by atoms with Gasteiger partial charge in [-0.3, -0.25) is 9.59 Å². The second-order valence-corrected chi connectivity index (χ2v) is 6.03. The molecule has 1 fully saturated rings. The molecular formula is C16H15F3N4O3. The Kier molecular flexibility index (Phi) is 4.23. The molecule has 1 aromatic carbocycles. The van der Waals surface area contributed by atoms with Gasteiger partial charge in [0, 0.05) is 19.0 Å². The molecule has 1 atom stereocenters. The van der Waals surface area contributed by atoms with Gasteiger partial charge in [0.05, 0.1) is 12.2 Å². The van der Waals surface area contributed by atoms with E-state index >= 15 is 0 Å². The number of amides is 2. The number of carbonyl (C=O) groups is 2. The van der Waals surface area contributed by atoms with Crippen molar-refractivity contribution in [2.75, 3.05) is 13.1 Å². The summed E-state index contributed by atoms with van der Waals surface area (Å²) in [6, 6.07) is 9.51. The number of nitrogens with zero attached hydrogens (tertiary/aromatic N) is 3. The van der Waals surface area contributed by atoms with Crippen molar-refractivity contribution in [1.29, 1.82) is 0 Å². The fourth-order valence-corrected chi connectivity index (χ4v) is 2.79. The number of alkyl halides is 3. The van der Waals surface area contributed by atoms with Gasteiger partial charge in [-0.15, -0.1) is 0 Å². The van der Waals surface area contributed by atoms with Gasteiger partial charge < -0.3 is 15.7 Å².